The van der Waals surface area contributed by atoms with E-state index in [0.717, 1.165) is 25.3 Å². The zero-order valence-electron chi connectivity index (χ0n) is 11.4. The third-order valence-corrected chi connectivity index (χ3v) is 5.59. The molecule has 0 radical (unpaired) electrons. The van der Waals surface area contributed by atoms with Gasteiger partial charge < -0.3 is 5.32 Å². The number of primary sulfonamides is 1. The molecule has 8 heteroatoms. The van der Waals surface area contributed by atoms with E-state index in [0.29, 0.717) is 6.54 Å². The first-order valence-electron chi connectivity index (χ1n) is 6.48. The summed E-state index contributed by atoms with van der Waals surface area (Å²) in [7, 11) is -4.01. The Kier molecular flexibility index (Phi) is 4.54. The van der Waals surface area contributed by atoms with Gasteiger partial charge in [0.05, 0.1) is 15.6 Å². The van der Waals surface area contributed by atoms with Crippen LogP contribution in [0.1, 0.15) is 36.5 Å². The molecule has 0 bridgehead atoms. The van der Waals surface area contributed by atoms with Gasteiger partial charge in [-0.15, -0.1) is 0 Å². The van der Waals surface area contributed by atoms with Crippen molar-refractivity contribution in [3.05, 3.63) is 27.7 Å². The summed E-state index contributed by atoms with van der Waals surface area (Å²) < 4.78 is 22.9. The van der Waals surface area contributed by atoms with Crippen molar-refractivity contribution >= 4 is 39.1 Å². The first-order chi connectivity index (χ1) is 9.68. The van der Waals surface area contributed by atoms with E-state index in [2.05, 4.69) is 12.2 Å². The average Bonchev–Trinajstić information content (AvgIpc) is 3.15. The summed E-state index contributed by atoms with van der Waals surface area (Å²) in [5.74, 6) is -0.429. The van der Waals surface area contributed by atoms with Crippen LogP contribution >= 0.6 is 23.2 Å². The Morgan fingerprint density at radius 1 is 1.33 bits per heavy atom. The molecular weight excluding hydrogens is 335 g/mol. The molecule has 0 aromatic heterocycles. The monoisotopic (exact) mass is 350 g/mol. The summed E-state index contributed by atoms with van der Waals surface area (Å²) >= 11 is 11.8. The SMILES string of the molecule is CCC1(CNC(=O)c2cc(S(N)(=O)=O)c(Cl)cc2Cl)CC1. The van der Waals surface area contributed by atoms with E-state index in [1.807, 2.05) is 0 Å². The normalized spacial score (nSPS) is 16.6. The first kappa shape index (κ1) is 16.5. The van der Waals surface area contributed by atoms with Gasteiger partial charge in [-0.2, -0.15) is 0 Å². The number of benzene rings is 1. The average molecular weight is 351 g/mol. The Balaban J connectivity index is 2.24. The molecule has 1 saturated carbocycles. The maximum Gasteiger partial charge on any atom is 0.252 e. The molecule has 21 heavy (non-hydrogen) atoms. The predicted octanol–water partition coefficient (Wildman–Crippen LogP) is 2.56. The fourth-order valence-electron chi connectivity index (χ4n) is 2.12. The molecule has 1 aliphatic rings. The summed E-state index contributed by atoms with van der Waals surface area (Å²) in [6.45, 7) is 2.62. The largest absolute Gasteiger partial charge is 0.351 e. The highest BCUT2D eigenvalue weighted by Crippen LogP contribution is 2.47. The maximum atomic E-state index is 12.2. The molecule has 1 fully saturated rings. The highest BCUT2D eigenvalue weighted by Gasteiger charge is 2.40. The van der Waals surface area contributed by atoms with Gasteiger partial charge in [0.15, 0.2) is 0 Å². The number of carbonyl (C=O) groups is 1. The summed E-state index contributed by atoms with van der Waals surface area (Å²) in [6, 6.07) is 2.32. The molecule has 0 spiro atoms. The van der Waals surface area contributed by atoms with E-state index in [9.17, 15) is 13.2 Å². The van der Waals surface area contributed by atoms with Gasteiger partial charge in [0.2, 0.25) is 10.0 Å². The van der Waals surface area contributed by atoms with Gasteiger partial charge in [0.1, 0.15) is 4.90 Å². The van der Waals surface area contributed by atoms with Crippen molar-refractivity contribution in [1.29, 1.82) is 0 Å². The second-order valence-electron chi connectivity index (χ2n) is 5.34. The Bertz CT molecular complexity index is 685. The van der Waals surface area contributed by atoms with E-state index in [-0.39, 0.29) is 25.9 Å². The van der Waals surface area contributed by atoms with Crippen molar-refractivity contribution in [2.75, 3.05) is 6.54 Å². The van der Waals surface area contributed by atoms with Crippen molar-refractivity contribution in [3.63, 3.8) is 0 Å². The second kappa shape index (κ2) is 5.76. The van der Waals surface area contributed by atoms with Gasteiger partial charge >= 0.3 is 0 Å². The Hall–Kier alpha value is -0.820. The number of hydrogen-bond acceptors (Lipinski definition) is 3. The zero-order valence-corrected chi connectivity index (χ0v) is 13.8. The minimum absolute atomic E-state index is 0.0528. The molecular formula is C13H16Cl2N2O3S. The summed E-state index contributed by atoms with van der Waals surface area (Å²) in [6.07, 6.45) is 3.16. The third kappa shape index (κ3) is 3.69. The lowest BCUT2D eigenvalue weighted by molar-refractivity contribution is 0.0944. The number of nitrogens with one attached hydrogen (secondary N) is 1. The number of hydrogen-bond donors (Lipinski definition) is 2. The molecule has 1 aromatic carbocycles. The van der Waals surface area contributed by atoms with Gasteiger partial charge in [0.25, 0.3) is 5.91 Å². The molecule has 2 rings (SSSR count). The summed E-state index contributed by atoms with van der Waals surface area (Å²) in [5, 5.41) is 7.84. The Morgan fingerprint density at radius 2 is 1.95 bits per heavy atom. The highest BCUT2D eigenvalue weighted by atomic mass is 35.5. The van der Waals surface area contributed by atoms with Gasteiger partial charge in [-0.05, 0) is 36.8 Å². The highest BCUT2D eigenvalue weighted by molar-refractivity contribution is 7.89. The van der Waals surface area contributed by atoms with E-state index in [4.69, 9.17) is 28.3 Å². The smallest absolute Gasteiger partial charge is 0.252 e. The number of carbonyl (C=O) groups excluding carboxylic acids is 1. The van der Waals surface area contributed by atoms with Gasteiger partial charge in [0, 0.05) is 6.54 Å². The number of sulfonamides is 1. The molecule has 0 heterocycles. The lowest BCUT2D eigenvalue weighted by Gasteiger charge is -2.14. The predicted molar refractivity (Wildman–Crippen MR) is 82.1 cm³/mol. The quantitative estimate of drug-likeness (QED) is 0.854. The van der Waals surface area contributed by atoms with Crippen LogP contribution in [-0.4, -0.2) is 20.9 Å². The van der Waals surface area contributed by atoms with Crippen LogP contribution in [0.3, 0.4) is 0 Å². The zero-order chi connectivity index (χ0) is 15.8. The molecule has 0 unspecified atom stereocenters. The Labute approximate surface area is 133 Å². The van der Waals surface area contributed by atoms with E-state index >= 15 is 0 Å². The summed E-state index contributed by atoms with van der Waals surface area (Å²) in [5.41, 5.74) is 0.231. The molecule has 1 aromatic rings. The lowest BCUT2D eigenvalue weighted by Crippen LogP contribution is -2.30. The van der Waals surface area contributed by atoms with Crippen LogP contribution in [0.5, 0.6) is 0 Å². The van der Waals surface area contributed by atoms with Crippen LogP contribution in [0.25, 0.3) is 0 Å². The van der Waals surface area contributed by atoms with Crippen molar-refractivity contribution in [2.24, 2.45) is 10.6 Å². The Morgan fingerprint density at radius 3 is 2.43 bits per heavy atom. The van der Waals surface area contributed by atoms with Crippen LogP contribution in [0.15, 0.2) is 17.0 Å². The molecule has 0 aliphatic heterocycles. The molecule has 5 nitrogen and oxygen atoms in total. The van der Waals surface area contributed by atoms with Crippen LogP contribution in [-0.2, 0) is 10.0 Å². The van der Waals surface area contributed by atoms with Crippen molar-refractivity contribution in [3.8, 4) is 0 Å². The third-order valence-electron chi connectivity index (χ3n) is 3.90. The van der Waals surface area contributed by atoms with Crippen LogP contribution in [0.4, 0.5) is 0 Å². The number of halogens is 2. The van der Waals surface area contributed by atoms with Gasteiger partial charge in [-0.1, -0.05) is 30.1 Å². The van der Waals surface area contributed by atoms with Gasteiger partial charge in [-0.3, -0.25) is 4.79 Å². The molecule has 3 N–H and O–H groups in total. The van der Waals surface area contributed by atoms with E-state index in [1.165, 1.54) is 6.07 Å². The number of nitrogens with two attached hydrogens (primary N) is 1. The van der Waals surface area contributed by atoms with Crippen molar-refractivity contribution < 1.29 is 13.2 Å². The molecule has 0 saturated heterocycles. The van der Waals surface area contributed by atoms with Gasteiger partial charge in [-0.25, -0.2) is 13.6 Å². The fourth-order valence-corrected chi connectivity index (χ4v) is 3.52. The molecule has 116 valence electrons. The van der Waals surface area contributed by atoms with Crippen LogP contribution < -0.4 is 10.5 Å². The minimum Gasteiger partial charge on any atom is -0.351 e. The van der Waals surface area contributed by atoms with Crippen LogP contribution in [0, 0.1) is 5.41 Å². The van der Waals surface area contributed by atoms with Crippen molar-refractivity contribution in [2.45, 2.75) is 31.1 Å². The van der Waals surface area contributed by atoms with E-state index < -0.39 is 15.9 Å². The van der Waals surface area contributed by atoms with E-state index in [1.54, 1.807) is 0 Å². The van der Waals surface area contributed by atoms with Crippen molar-refractivity contribution in [1.82, 2.24) is 5.32 Å². The molecule has 0 atom stereocenters. The standard InChI is InChI=1S/C13H16Cl2N2O3S/c1-2-13(3-4-13)7-17-12(18)8-5-11(21(16,19)20)10(15)6-9(8)14/h5-6H,2-4,7H2,1H3,(H,17,18)(H2,16,19,20). The molecule has 1 aliphatic carbocycles. The topological polar surface area (TPSA) is 89.3 Å². The summed E-state index contributed by atoms with van der Waals surface area (Å²) in [4.78, 5) is 11.9. The lowest BCUT2D eigenvalue weighted by atomic mass is 10.0. The van der Waals surface area contributed by atoms with Crippen LogP contribution in [0.2, 0.25) is 10.0 Å². The minimum atomic E-state index is -4.01. The number of rotatable bonds is 5. The number of amides is 1. The fraction of sp³-hybridized carbons (Fsp3) is 0.462. The maximum absolute atomic E-state index is 12.2. The molecule has 1 amide bonds. The second-order valence-corrected chi connectivity index (χ2v) is 7.69. The first-order valence-corrected chi connectivity index (χ1v) is 8.79.